The van der Waals surface area contributed by atoms with Crippen molar-refractivity contribution in [3.8, 4) is 0 Å². The number of hydrogen-bond acceptors (Lipinski definition) is 2. The van der Waals surface area contributed by atoms with E-state index in [0.29, 0.717) is 0 Å². The van der Waals surface area contributed by atoms with Gasteiger partial charge in [0.05, 0.1) is 0 Å². The molecule has 2 aromatic heterocycles. The maximum atomic E-state index is 4.41. The third kappa shape index (κ3) is 1.81. The summed E-state index contributed by atoms with van der Waals surface area (Å²) in [6.07, 6.45) is 5.03. The monoisotopic (exact) mass is 382 g/mol. The summed E-state index contributed by atoms with van der Waals surface area (Å²) in [5.74, 6) is 0. The normalized spacial score (nSPS) is 11.1. The first kappa shape index (κ1) is 10.8. The number of fused-ring (bicyclic) bond motifs is 1. The topological polar surface area (TPSA) is 17.8 Å². The Labute approximate surface area is 107 Å². The zero-order valence-corrected chi connectivity index (χ0v) is 12.1. The fraction of sp³-hybridized carbons (Fsp3) is 0.222. The molecule has 0 aliphatic heterocycles. The van der Waals surface area contributed by atoms with Crippen LogP contribution in [0.3, 0.4) is 0 Å². The van der Waals surface area contributed by atoms with E-state index in [1.807, 2.05) is 6.20 Å². The number of halogens is 2. The number of aryl methyl sites for hydroxylation is 1. The van der Waals surface area contributed by atoms with Crippen LogP contribution in [-0.4, -0.2) is 8.96 Å². The number of aromatic nitrogens is 2. The highest BCUT2D eigenvalue weighted by molar-refractivity contribution is 14.2. The summed E-state index contributed by atoms with van der Waals surface area (Å²) in [6.45, 7) is 2.16. The molecule has 0 saturated carbocycles. The van der Waals surface area contributed by atoms with Crippen molar-refractivity contribution in [2.24, 2.45) is 0 Å². The quantitative estimate of drug-likeness (QED) is 0.724. The molecule has 74 valence electrons. The summed E-state index contributed by atoms with van der Waals surface area (Å²) in [5.41, 5.74) is 2.39. The SMILES string of the molecule is CCc1cn(SI)c2ncc(Br)cc12. The molecule has 0 fully saturated rings. The van der Waals surface area contributed by atoms with Crippen LogP contribution in [0.25, 0.3) is 11.0 Å². The zero-order chi connectivity index (χ0) is 10.1. The summed E-state index contributed by atoms with van der Waals surface area (Å²) >= 11 is 5.71. The Kier molecular flexibility index (Phi) is 3.38. The molecule has 0 spiro atoms. The van der Waals surface area contributed by atoms with Gasteiger partial charge in [0, 0.05) is 52.6 Å². The molecule has 0 bridgehead atoms. The summed E-state index contributed by atoms with van der Waals surface area (Å²) in [7, 11) is 1.65. The van der Waals surface area contributed by atoms with Gasteiger partial charge in [-0.15, -0.1) is 0 Å². The molecule has 0 aromatic carbocycles. The molecule has 0 aliphatic carbocycles. The lowest BCUT2D eigenvalue weighted by atomic mass is 10.2. The van der Waals surface area contributed by atoms with Gasteiger partial charge in [-0.25, -0.2) is 4.98 Å². The van der Waals surface area contributed by atoms with Gasteiger partial charge in [-0.3, -0.25) is 3.97 Å². The third-order valence-corrected chi connectivity index (χ3v) is 4.25. The molecule has 2 nitrogen and oxygen atoms in total. The van der Waals surface area contributed by atoms with E-state index in [4.69, 9.17) is 0 Å². The molecule has 0 unspecified atom stereocenters. The summed E-state index contributed by atoms with van der Waals surface area (Å²) in [6, 6.07) is 2.13. The van der Waals surface area contributed by atoms with Crippen molar-refractivity contribution in [2.75, 3.05) is 0 Å². The van der Waals surface area contributed by atoms with Gasteiger partial charge < -0.3 is 0 Å². The van der Waals surface area contributed by atoms with Gasteiger partial charge in [0.25, 0.3) is 0 Å². The molecule has 5 heteroatoms. The van der Waals surface area contributed by atoms with Crippen molar-refractivity contribution >= 4 is 57.3 Å². The van der Waals surface area contributed by atoms with Crippen LogP contribution in [0.1, 0.15) is 12.5 Å². The molecule has 0 atom stereocenters. The van der Waals surface area contributed by atoms with Gasteiger partial charge >= 0.3 is 0 Å². The van der Waals surface area contributed by atoms with E-state index in [0.717, 1.165) is 16.5 Å². The molecule has 2 rings (SSSR count). The van der Waals surface area contributed by atoms with E-state index in [2.05, 4.69) is 65.3 Å². The predicted octanol–water partition coefficient (Wildman–Crippen LogP) is 4.21. The lowest BCUT2D eigenvalue weighted by Gasteiger charge is -1.96. The fourth-order valence-corrected chi connectivity index (χ4v) is 3.06. The Morgan fingerprint density at radius 2 is 2.43 bits per heavy atom. The average Bonchev–Trinajstić information content (AvgIpc) is 2.55. The van der Waals surface area contributed by atoms with E-state index in [1.54, 1.807) is 9.12 Å². The van der Waals surface area contributed by atoms with Crippen LogP contribution < -0.4 is 0 Å². The highest BCUT2D eigenvalue weighted by Crippen LogP contribution is 2.28. The van der Waals surface area contributed by atoms with Crippen LogP contribution in [-0.2, 0) is 6.42 Å². The Bertz CT molecular complexity index is 469. The average molecular weight is 383 g/mol. The van der Waals surface area contributed by atoms with Crippen LogP contribution in [0, 0.1) is 0 Å². The zero-order valence-electron chi connectivity index (χ0n) is 7.50. The van der Waals surface area contributed by atoms with Gasteiger partial charge in [0.2, 0.25) is 0 Å². The van der Waals surface area contributed by atoms with E-state index in [1.165, 1.54) is 10.9 Å². The predicted molar refractivity (Wildman–Crippen MR) is 73.8 cm³/mol. The van der Waals surface area contributed by atoms with E-state index in [9.17, 15) is 0 Å². The minimum Gasteiger partial charge on any atom is -0.266 e. The van der Waals surface area contributed by atoms with Crippen LogP contribution in [0.15, 0.2) is 22.9 Å². The first-order valence-electron chi connectivity index (χ1n) is 4.20. The van der Waals surface area contributed by atoms with Gasteiger partial charge in [0.15, 0.2) is 5.65 Å². The van der Waals surface area contributed by atoms with Crippen LogP contribution in [0.2, 0.25) is 0 Å². The second-order valence-electron chi connectivity index (χ2n) is 2.93. The highest BCUT2D eigenvalue weighted by Gasteiger charge is 2.08. The first-order valence-corrected chi connectivity index (χ1v) is 8.31. The molecule has 0 amide bonds. The second-order valence-corrected chi connectivity index (χ2v) is 5.56. The Hall–Kier alpha value is 0.250. The Balaban J connectivity index is 2.75. The summed E-state index contributed by atoms with van der Waals surface area (Å²) < 4.78 is 3.14. The van der Waals surface area contributed by atoms with Crippen LogP contribution in [0.4, 0.5) is 0 Å². The van der Waals surface area contributed by atoms with Crippen molar-refractivity contribution in [1.82, 2.24) is 8.96 Å². The largest absolute Gasteiger partial charge is 0.266 e. The number of pyridine rings is 1. The van der Waals surface area contributed by atoms with Crippen molar-refractivity contribution in [3.63, 3.8) is 0 Å². The lowest BCUT2D eigenvalue weighted by molar-refractivity contribution is 1.15. The Morgan fingerprint density at radius 3 is 3.07 bits per heavy atom. The number of rotatable bonds is 2. The van der Waals surface area contributed by atoms with Crippen molar-refractivity contribution in [1.29, 1.82) is 0 Å². The van der Waals surface area contributed by atoms with Gasteiger partial charge in [-0.05, 0) is 34.0 Å². The maximum Gasteiger partial charge on any atom is 0.150 e. The minimum absolute atomic E-state index is 1.04. The molecule has 0 aliphatic rings. The number of hydrogen-bond donors (Lipinski definition) is 0. The highest BCUT2D eigenvalue weighted by atomic mass is 127. The molecular weight excluding hydrogens is 375 g/mol. The first-order chi connectivity index (χ1) is 6.76. The summed E-state index contributed by atoms with van der Waals surface area (Å²) in [5, 5.41) is 1.24. The lowest BCUT2D eigenvalue weighted by Crippen LogP contribution is -1.82. The maximum absolute atomic E-state index is 4.41. The molecule has 0 radical (unpaired) electrons. The third-order valence-electron chi connectivity index (χ3n) is 2.12. The van der Waals surface area contributed by atoms with Crippen molar-refractivity contribution in [3.05, 3.63) is 28.5 Å². The molecule has 2 heterocycles. The van der Waals surface area contributed by atoms with Crippen LogP contribution >= 0.6 is 46.3 Å². The van der Waals surface area contributed by atoms with E-state index >= 15 is 0 Å². The molecule has 14 heavy (non-hydrogen) atoms. The summed E-state index contributed by atoms with van der Waals surface area (Å²) in [4.78, 5) is 4.41. The van der Waals surface area contributed by atoms with Gasteiger partial charge in [-0.2, -0.15) is 0 Å². The Morgan fingerprint density at radius 1 is 1.64 bits per heavy atom. The fourth-order valence-electron chi connectivity index (χ4n) is 1.45. The molecule has 0 N–H and O–H groups in total. The van der Waals surface area contributed by atoms with E-state index < -0.39 is 0 Å². The standard InChI is InChI=1S/C9H8BrIN2S/c1-2-6-5-13(14-11)9-8(6)3-7(10)4-12-9/h3-5H,2H2,1H3. The molecule has 0 saturated heterocycles. The van der Waals surface area contributed by atoms with E-state index in [-0.39, 0.29) is 0 Å². The smallest absolute Gasteiger partial charge is 0.150 e. The molecular formula is C9H8BrIN2S. The van der Waals surface area contributed by atoms with Gasteiger partial charge in [-0.1, -0.05) is 6.92 Å². The number of nitrogens with zero attached hydrogens (tertiary/aromatic N) is 2. The minimum atomic E-state index is 1.04. The van der Waals surface area contributed by atoms with Gasteiger partial charge in [0.1, 0.15) is 0 Å². The van der Waals surface area contributed by atoms with Crippen LogP contribution in [0.5, 0.6) is 0 Å². The molecule has 2 aromatic rings. The second kappa shape index (κ2) is 4.40. The van der Waals surface area contributed by atoms with Crippen molar-refractivity contribution in [2.45, 2.75) is 13.3 Å². The van der Waals surface area contributed by atoms with Crippen molar-refractivity contribution < 1.29 is 0 Å².